The highest BCUT2D eigenvalue weighted by atomic mass is 16.2. The van der Waals surface area contributed by atoms with Gasteiger partial charge in [-0.1, -0.05) is 48.0 Å². The number of rotatable bonds is 19. The standard InChI is InChI=1S/C26H49N5O5/c1-17(2)12-20(16-32)29-26(36)22(14-19(5)6)31-24(34)15-28-25(35)21(13-18(3)4)30-23(33)10-8-7-9-11-27/h16-22H,7-15,27H2,1-6H3,(H,28,35)(H,29,36)(H,30,33)(H,31,34). The number of hydrogen-bond acceptors (Lipinski definition) is 6. The van der Waals surface area contributed by atoms with E-state index in [1.807, 2.05) is 41.5 Å². The third-order valence-electron chi connectivity index (χ3n) is 5.47. The lowest BCUT2D eigenvalue weighted by Crippen LogP contribution is -2.54. The minimum Gasteiger partial charge on any atom is -0.345 e. The van der Waals surface area contributed by atoms with Crippen LogP contribution in [-0.2, 0) is 24.0 Å². The van der Waals surface area contributed by atoms with E-state index in [0.717, 1.165) is 12.8 Å². The molecule has 6 N–H and O–H groups in total. The first kappa shape index (κ1) is 33.5. The number of unbranched alkanes of at least 4 members (excludes halogenated alkanes) is 2. The SMILES string of the molecule is CC(C)CC(C=O)NC(=O)C(CC(C)C)NC(=O)CNC(=O)C(CC(C)C)NC(=O)CCCCCN. The Morgan fingerprint density at radius 1 is 0.694 bits per heavy atom. The molecule has 3 atom stereocenters. The van der Waals surface area contributed by atoms with E-state index in [2.05, 4.69) is 21.3 Å². The van der Waals surface area contributed by atoms with Crippen molar-refractivity contribution in [3.63, 3.8) is 0 Å². The van der Waals surface area contributed by atoms with Gasteiger partial charge in [0.05, 0.1) is 12.6 Å². The Hall–Kier alpha value is -2.49. The van der Waals surface area contributed by atoms with Gasteiger partial charge in [0.1, 0.15) is 18.4 Å². The maximum atomic E-state index is 12.8. The average molecular weight is 512 g/mol. The van der Waals surface area contributed by atoms with Gasteiger partial charge in [-0.3, -0.25) is 19.2 Å². The summed E-state index contributed by atoms with van der Waals surface area (Å²) >= 11 is 0. The molecule has 10 nitrogen and oxygen atoms in total. The van der Waals surface area contributed by atoms with E-state index >= 15 is 0 Å². The number of nitrogens with one attached hydrogen (secondary N) is 4. The van der Waals surface area contributed by atoms with Gasteiger partial charge in [-0.25, -0.2) is 0 Å². The average Bonchev–Trinajstić information content (AvgIpc) is 2.78. The number of amides is 4. The van der Waals surface area contributed by atoms with E-state index in [1.54, 1.807) is 0 Å². The number of carbonyl (C=O) groups is 5. The predicted octanol–water partition coefficient (Wildman–Crippen LogP) is 1.41. The van der Waals surface area contributed by atoms with Crippen LogP contribution in [-0.4, -0.2) is 61.1 Å². The van der Waals surface area contributed by atoms with Crippen molar-refractivity contribution in [3.05, 3.63) is 0 Å². The van der Waals surface area contributed by atoms with Gasteiger partial charge in [0, 0.05) is 6.42 Å². The molecular weight excluding hydrogens is 462 g/mol. The Balaban J connectivity index is 4.98. The molecule has 208 valence electrons. The molecule has 0 heterocycles. The maximum Gasteiger partial charge on any atom is 0.243 e. The van der Waals surface area contributed by atoms with Gasteiger partial charge in [0.15, 0.2) is 0 Å². The normalized spacial score (nSPS) is 13.7. The summed E-state index contributed by atoms with van der Waals surface area (Å²) in [6.45, 7) is 11.9. The van der Waals surface area contributed by atoms with Gasteiger partial charge >= 0.3 is 0 Å². The lowest BCUT2D eigenvalue weighted by molar-refractivity contribution is -0.132. The smallest absolute Gasteiger partial charge is 0.243 e. The minimum absolute atomic E-state index is 0.117. The highest BCUT2D eigenvalue weighted by Crippen LogP contribution is 2.09. The third-order valence-corrected chi connectivity index (χ3v) is 5.47. The van der Waals surface area contributed by atoms with Gasteiger partial charge in [0.25, 0.3) is 0 Å². The quantitative estimate of drug-likeness (QED) is 0.130. The summed E-state index contributed by atoms with van der Waals surface area (Å²) in [4.78, 5) is 61.7. The van der Waals surface area contributed by atoms with Crippen molar-refractivity contribution in [2.45, 2.75) is 105 Å². The lowest BCUT2D eigenvalue weighted by atomic mass is 10.0. The summed E-state index contributed by atoms with van der Waals surface area (Å²) in [7, 11) is 0. The topological polar surface area (TPSA) is 159 Å². The molecule has 0 aromatic rings. The lowest BCUT2D eigenvalue weighted by Gasteiger charge is -2.23. The molecule has 0 saturated heterocycles. The zero-order valence-electron chi connectivity index (χ0n) is 23.0. The number of hydrogen-bond donors (Lipinski definition) is 5. The Morgan fingerprint density at radius 2 is 1.22 bits per heavy atom. The van der Waals surface area contributed by atoms with Crippen LogP contribution < -0.4 is 27.0 Å². The molecule has 0 bridgehead atoms. The maximum absolute atomic E-state index is 12.8. The van der Waals surface area contributed by atoms with E-state index in [4.69, 9.17) is 5.73 Å². The van der Waals surface area contributed by atoms with E-state index < -0.39 is 35.8 Å². The van der Waals surface area contributed by atoms with Gasteiger partial charge in [-0.2, -0.15) is 0 Å². The Bertz CT molecular complexity index is 696. The molecule has 0 fully saturated rings. The van der Waals surface area contributed by atoms with Crippen molar-refractivity contribution < 1.29 is 24.0 Å². The molecule has 0 aromatic carbocycles. The molecule has 10 heteroatoms. The molecule has 0 rings (SSSR count). The van der Waals surface area contributed by atoms with Gasteiger partial charge in [-0.15, -0.1) is 0 Å². The highest BCUT2D eigenvalue weighted by molar-refractivity contribution is 5.93. The van der Waals surface area contributed by atoms with Crippen molar-refractivity contribution in [3.8, 4) is 0 Å². The number of carbonyl (C=O) groups excluding carboxylic acids is 5. The van der Waals surface area contributed by atoms with E-state index in [1.165, 1.54) is 0 Å². The summed E-state index contributed by atoms with van der Waals surface area (Å²) in [6, 6.07) is -2.21. The second kappa shape index (κ2) is 18.7. The van der Waals surface area contributed by atoms with Crippen molar-refractivity contribution in [1.82, 2.24) is 21.3 Å². The van der Waals surface area contributed by atoms with E-state index in [0.29, 0.717) is 44.9 Å². The fourth-order valence-electron chi connectivity index (χ4n) is 3.75. The molecule has 0 spiro atoms. The summed E-state index contributed by atoms with van der Waals surface area (Å²) < 4.78 is 0. The van der Waals surface area contributed by atoms with Crippen LogP contribution in [0.4, 0.5) is 0 Å². The molecule has 0 aliphatic rings. The van der Waals surface area contributed by atoms with Crippen LogP contribution in [0.15, 0.2) is 0 Å². The van der Waals surface area contributed by atoms with Crippen molar-refractivity contribution >= 4 is 29.9 Å². The second-order valence-corrected chi connectivity index (χ2v) is 10.7. The Morgan fingerprint density at radius 3 is 1.72 bits per heavy atom. The molecule has 0 aliphatic heterocycles. The van der Waals surface area contributed by atoms with Crippen molar-refractivity contribution in [2.75, 3.05) is 13.1 Å². The summed E-state index contributed by atoms with van der Waals surface area (Å²) in [5.41, 5.74) is 5.47. The number of aldehydes is 1. The van der Waals surface area contributed by atoms with Crippen molar-refractivity contribution in [1.29, 1.82) is 0 Å². The van der Waals surface area contributed by atoms with E-state index in [9.17, 15) is 24.0 Å². The van der Waals surface area contributed by atoms with Crippen LogP contribution in [0, 0.1) is 17.8 Å². The zero-order chi connectivity index (χ0) is 27.7. The van der Waals surface area contributed by atoms with Crippen LogP contribution in [0.5, 0.6) is 0 Å². The molecular formula is C26H49N5O5. The van der Waals surface area contributed by atoms with Crippen LogP contribution in [0.2, 0.25) is 0 Å². The molecule has 0 aliphatic carbocycles. The van der Waals surface area contributed by atoms with Crippen LogP contribution in [0.1, 0.15) is 86.5 Å². The highest BCUT2D eigenvalue weighted by Gasteiger charge is 2.26. The van der Waals surface area contributed by atoms with Gasteiger partial charge in [-0.05, 0) is 56.4 Å². The Kier molecular flexibility index (Phi) is 17.4. The second-order valence-electron chi connectivity index (χ2n) is 10.7. The first-order valence-electron chi connectivity index (χ1n) is 13.2. The fraction of sp³-hybridized carbons (Fsp3) is 0.808. The molecule has 0 aromatic heterocycles. The van der Waals surface area contributed by atoms with Gasteiger partial charge in [0.2, 0.25) is 23.6 Å². The summed E-state index contributed by atoms with van der Waals surface area (Å²) in [5.74, 6) is -1.12. The predicted molar refractivity (Wildman–Crippen MR) is 141 cm³/mol. The van der Waals surface area contributed by atoms with Crippen LogP contribution >= 0.6 is 0 Å². The first-order chi connectivity index (χ1) is 16.9. The minimum atomic E-state index is -0.830. The third kappa shape index (κ3) is 16.2. The molecule has 36 heavy (non-hydrogen) atoms. The fourth-order valence-corrected chi connectivity index (χ4v) is 3.75. The number of nitrogens with two attached hydrogens (primary N) is 1. The molecule has 4 amide bonds. The molecule has 3 unspecified atom stereocenters. The van der Waals surface area contributed by atoms with Crippen molar-refractivity contribution in [2.24, 2.45) is 23.5 Å². The largest absolute Gasteiger partial charge is 0.345 e. The zero-order valence-corrected chi connectivity index (χ0v) is 23.0. The molecule has 0 saturated carbocycles. The van der Waals surface area contributed by atoms with Crippen LogP contribution in [0.3, 0.4) is 0 Å². The molecule has 0 radical (unpaired) electrons. The van der Waals surface area contributed by atoms with E-state index in [-0.39, 0.29) is 30.2 Å². The summed E-state index contributed by atoms with van der Waals surface area (Å²) in [6.07, 6.45) is 4.73. The monoisotopic (exact) mass is 511 g/mol. The summed E-state index contributed by atoms with van der Waals surface area (Å²) in [5, 5.41) is 10.7. The van der Waals surface area contributed by atoms with Gasteiger partial charge < -0.3 is 31.8 Å². The first-order valence-corrected chi connectivity index (χ1v) is 13.2. The van der Waals surface area contributed by atoms with Crippen LogP contribution in [0.25, 0.3) is 0 Å². The Labute approximate surface area is 216 Å².